The fourth-order valence-corrected chi connectivity index (χ4v) is 5.90. The largest absolute Gasteiger partial charge is 0.357 e. The Hall–Kier alpha value is -3.70. The first-order valence-corrected chi connectivity index (χ1v) is 12.4. The van der Waals surface area contributed by atoms with Crippen LogP contribution in [0.15, 0.2) is 78.9 Å². The van der Waals surface area contributed by atoms with Gasteiger partial charge in [-0.2, -0.15) is 0 Å². The quantitative estimate of drug-likeness (QED) is 0.403. The number of amides is 2. The molecule has 0 spiro atoms. The molecule has 1 N–H and O–H groups in total. The predicted molar refractivity (Wildman–Crippen MR) is 138 cm³/mol. The topological polar surface area (TPSA) is 56.4 Å². The molecule has 0 saturated carbocycles. The number of rotatable bonds is 4. The number of para-hydroxylation sites is 1. The van der Waals surface area contributed by atoms with Crippen LogP contribution in [-0.2, 0) is 16.0 Å². The molecule has 5 heteroatoms. The van der Waals surface area contributed by atoms with Crippen LogP contribution in [0.4, 0.5) is 5.69 Å². The molecular weight excluding hydrogens is 434 g/mol. The van der Waals surface area contributed by atoms with Gasteiger partial charge in [0, 0.05) is 35.1 Å². The highest BCUT2D eigenvalue weighted by Crippen LogP contribution is 2.45. The van der Waals surface area contributed by atoms with Crippen molar-refractivity contribution in [2.24, 2.45) is 0 Å². The highest BCUT2D eigenvalue weighted by molar-refractivity contribution is 6.22. The minimum absolute atomic E-state index is 0.0125. The molecule has 1 fully saturated rings. The van der Waals surface area contributed by atoms with Crippen molar-refractivity contribution in [2.75, 3.05) is 11.4 Å². The minimum Gasteiger partial charge on any atom is -0.357 e. The van der Waals surface area contributed by atoms with E-state index >= 15 is 0 Å². The molecule has 2 aliphatic heterocycles. The van der Waals surface area contributed by atoms with E-state index in [1.165, 1.54) is 27.0 Å². The van der Waals surface area contributed by atoms with Crippen LogP contribution in [0.2, 0.25) is 0 Å². The van der Waals surface area contributed by atoms with E-state index in [4.69, 9.17) is 0 Å². The number of fused-ring (bicyclic) bond motifs is 3. The number of benzene rings is 3. The molecule has 4 aromatic rings. The lowest BCUT2D eigenvalue weighted by Crippen LogP contribution is -2.47. The number of anilines is 1. The summed E-state index contributed by atoms with van der Waals surface area (Å²) >= 11 is 0. The van der Waals surface area contributed by atoms with Crippen molar-refractivity contribution in [3.05, 3.63) is 101 Å². The molecule has 3 heterocycles. The van der Waals surface area contributed by atoms with Gasteiger partial charge in [0.05, 0.1) is 18.2 Å². The summed E-state index contributed by atoms with van der Waals surface area (Å²) < 4.78 is 0. The van der Waals surface area contributed by atoms with Crippen molar-refractivity contribution in [1.82, 2.24) is 9.88 Å². The second kappa shape index (κ2) is 8.51. The van der Waals surface area contributed by atoms with E-state index in [9.17, 15) is 9.59 Å². The first-order valence-electron chi connectivity index (χ1n) is 12.4. The molecular formula is C30H29N3O2. The minimum atomic E-state index is -0.478. The summed E-state index contributed by atoms with van der Waals surface area (Å²) in [5, 5.41) is 1.23. The smallest absolute Gasteiger partial charge is 0.251 e. The number of hydrogen-bond acceptors (Lipinski definition) is 3. The van der Waals surface area contributed by atoms with Crippen LogP contribution in [0.3, 0.4) is 0 Å². The van der Waals surface area contributed by atoms with E-state index < -0.39 is 6.04 Å². The number of H-pyrrole nitrogens is 1. The maximum absolute atomic E-state index is 13.7. The van der Waals surface area contributed by atoms with Crippen LogP contribution in [-0.4, -0.2) is 34.3 Å². The molecule has 0 bridgehead atoms. The summed E-state index contributed by atoms with van der Waals surface area (Å²) in [6, 6.07) is 26.2. The second-order valence-corrected chi connectivity index (χ2v) is 9.64. The SMILES string of the molecule is CCc1ccc(N2C(=O)CC(N3CC(c4ccccc4)c4c([nH]c5ccccc45)C3C)C2=O)cc1. The van der Waals surface area contributed by atoms with Crippen LogP contribution in [0.1, 0.15) is 54.6 Å². The van der Waals surface area contributed by atoms with Gasteiger partial charge in [0.25, 0.3) is 5.91 Å². The van der Waals surface area contributed by atoms with Gasteiger partial charge < -0.3 is 4.98 Å². The van der Waals surface area contributed by atoms with Crippen molar-refractivity contribution in [3.63, 3.8) is 0 Å². The van der Waals surface area contributed by atoms with Crippen molar-refractivity contribution in [2.45, 2.75) is 44.7 Å². The highest BCUT2D eigenvalue weighted by Gasteiger charge is 2.47. The lowest BCUT2D eigenvalue weighted by molar-refractivity contribution is -0.123. The molecule has 0 aliphatic carbocycles. The number of aromatic amines is 1. The van der Waals surface area contributed by atoms with Gasteiger partial charge in [-0.05, 0) is 48.2 Å². The van der Waals surface area contributed by atoms with E-state index in [2.05, 4.69) is 66.2 Å². The molecule has 3 unspecified atom stereocenters. The van der Waals surface area contributed by atoms with Crippen LogP contribution in [0.5, 0.6) is 0 Å². The molecule has 35 heavy (non-hydrogen) atoms. The van der Waals surface area contributed by atoms with Gasteiger partial charge in [-0.3, -0.25) is 14.5 Å². The molecule has 5 nitrogen and oxygen atoms in total. The summed E-state index contributed by atoms with van der Waals surface area (Å²) in [5.74, 6) is -0.146. The van der Waals surface area contributed by atoms with Crippen molar-refractivity contribution >= 4 is 28.4 Å². The summed E-state index contributed by atoms with van der Waals surface area (Å²) in [4.78, 5) is 34.1. The Kier molecular flexibility index (Phi) is 5.30. The second-order valence-electron chi connectivity index (χ2n) is 9.64. The van der Waals surface area contributed by atoms with Gasteiger partial charge in [0.1, 0.15) is 0 Å². The van der Waals surface area contributed by atoms with E-state index in [1.807, 2.05) is 36.4 Å². The number of aryl methyl sites for hydroxylation is 1. The Balaban J connectivity index is 1.40. The van der Waals surface area contributed by atoms with Gasteiger partial charge in [-0.1, -0.05) is 67.6 Å². The van der Waals surface area contributed by atoms with E-state index in [0.29, 0.717) is 12.2 Å². The zero-order chi connectivity index (χ0) is 24.1. The molecule has 2 aliphatic rings. The van der Waals surface area contributed by atoms with Gasteiger partial charge in [0.15, 0.2) is 0 Å². The third-order valence-electron chi connectivity index (χ3n) is 7.76. The number of carbonyl (C=O) groups excluding carboxylic acids is 2. The normalized spacial score (nSPS) is 22.7. The molecule has 1 saturated heterocycles. The average Bonchev–Trinajstić information content (AvgIpc) is 3.42. The maximum atomic E-state index is 13.7. The number of imide groups is 1. The number of aromatic nitrogens is 1. The molecule has 3 aromatic carbocycles. The fraction of sp³-hybridized carbons (Fsp3) is 0.267. The van der Waals surface area contributed by atoms with Gasteiger partial charge in [0.2, 0.25) is 5.91 Å². The Labute approximate surface area is 205 Å². The zero-order valence-corrected chi connectivity index (χ0v) is 20.1. The van der Waals surface area contributed by atoms with Gasteiger partial charge in [-0.25, -0.2) is 4.90 Å². The number of hydrogen-bond donors (Lipinski definition) is 1. The first-order chi connectivity index (χ1) is 17.1. The first kappa shape index (κ1) is 21.8. The summed E-state index contributed by atoms with van der Waals surface area (Å²) in [6.07, 6.45) is 1.12. The van der Waals surface area contributed by atoms with E-state index in [1.54, 1.807) is 0 Å². The molecule has 0 radical (unpaired) electrons. The van der Waals surface area contributed by atoms with Crippen LogP contribution in [0.25, 0.3) is 10.9 Å². The summed E-state index contributed by atoms with van der Waals surface area (Å²) in [6.45, 7) is 4.93. The highest BCUT2D eigenvalue weighted by atomic mass is 16.2. The van der Waals surface area contributed by atoms with Crippen molar-refractivity contribution in [3.8, 4) is 0 Å². The molecule has 6 rings (SSSR count). The summed E-state index contributed by atoms with van der Waals surface area (Å²) in [7, 11) is 0. The molecule has 176 valence electrons. The standard InChI is InChI=1S/C30H29N3O2/c1-3-20-13-15-22(16-14-20)33-27(34)17-26(30(33)35)32-18-24(21-9-5-4-6-10-21)28-23-11-7-8-12-25(23)31-29(28)19(32)2/h4-16,19,24,26,31H,3,17-18H2,1-2H3. The molecule has 3 atom stereocenters. The Morgan fingerprint density at radius 1 is 0.914 bits per heavy atom. The monoisotopic (exact) mass is 463 g/mol. The predicted octanol–water partition coefficient (Wildman–Crippen LogP) is 5.57. The van der Waals surface area contributed by atoms with Crippen LogP contribution >= 0.6 is 0 Å². The molecule has 1 aromatic heterocycles. The maximum Gasteiger partial charge on any atom is 0.251 e. The number of carbonyl (C=O) groups is 2. The Morgan fingerprint density at radius 3 is 2.37 bits per heavy atom. The van der Waals surface area contributed by atoms with Crippen LogP contribution < -0.4 is 4.90 Å². The van der Waals surface area contributed by atoms with Crippen molar-refractivity contribution < 1.29 is 9.59 Å². The van der Waals surface area contributed by atoms with Crippen LogP contribution in [0, 0.1) is 0 Å². The number of nitrogens with zero attached hydrogens (tertiary/aromatic N) is 2. The molecule has 2 amide bonds. The third kappa shape index (κ3) is 3.50. The lowest BCUT2D eigenvalue weighted by Gasteiger charge is -2.40. The Bertz CT molecular complexity index is 1410. The van der Waals surface area contributed by atoms with Gasteiger partial charge in [-0.15, -0.1) is 0 Å². The van der Waals surface area contributed by atoms with E-state index in [0.717, 1.165) is 17.6 Å². The number of nitrogens with one attached hydrogen (secondary N) is 1. The zero-order valence-electron chi connectivity index (χ0n) is 20.1. The Morgan fingerprint density at radius 2 is 1.63 bits per heavy atom. The third-order valence-corrected chi connectivity index (χ3v) is 7.76. The van der Waals surface area contributed by atoms with E-state index in [-0.39, 0.29) is 30.2 Å². The lowest BCUT2D eigenvalue weighted by atomic mass is 9.83. The van der Waals surface area contributed by atoms with Crippen molar-refractivity contribution in [1.29, 1.82) is 0 Å². The average molecular weight is 464 g/mol. The fourth-order valence-electron chi connectivity index (χ4n) is 5.90. The summed E-state index contributed by atoms with van der Waals surface area (Å²) in [5.41, 5.74) is 6.62. The van der Waals surface area contributed by atoms with Gasteiger partial charge >= 0.3 is 0 Å².